The molecule has 0 aliphatic rings. The van der Waals surface area contributed by atoms with Gasteiger partial charge in [-0.2, -0.15) is 0 Å². The van der Waals surface area contributed by atoms with E-state index in [-0.39, 0.29) is 19.0 Å². The van der Waals surface area contributed by atoms with Gasteiger partial charge in [0.2, 0.25) is 5.89 Å². The van der Waals surface area contributed by atoms with Crippen LogP contribution in [0.5, 0.6) is 5.75 Å². The molecule has 0 amide bonds. The number of aromatic nitrogens is 2. The molecule has 8 heteroatoms. The molecule has 0 aliphatic heterocycles. The molecular formula is C21H15FN2O4S. The van der Waals surface area contributed by atoms with E-state index in [0.717, 1.165) is 10.5 Å². The van der Waals surface area contributed by atoms with Crippen molar-refractivity contribution in [1.82, 2.24) is 9.97 Å². The van der Waals surface area contributed by atoms with Crippen LogP contribution in [0.25, 0.3) is 17.2 Å². The van der Waals surface area contributed by atoms with Gasteiger partial charge in [0.1, 0.15) is 35.3 Å². The maximum absolute atomic E-state index is 12.9. The number of carbonyl (C=O) groups is 1. The van der Waals surface area contributed by atoms with Crippen LogP contribution in [0, 0.1) is 5.82 Å². The van der Waals surface area contributed by atoms with Crippen LogP contribution in [-0.2, 0) is 22.7 Å². The fraction of sp³-hybridized carbons (Fsp3) is 0.0952. The molecule has 29 heavy (non-hydrogen) atoms. The maximum atomic E-state index is 12.9. The molecule has 2 heterocycles. The normalized spacial score (nSPS) is 11.2. The number of benzene rings is 2. The van der Waals surface area contributed by atoms with Crippen molar-refractivity contribution in [1.29, 1.82) is 0 Å². The van der Waals surface area contributed by atoms with Gasteiger partial charge in [-0.25, -0.2) is 19.2 Å². The largest absolute Gasteiger partial charge is 0.486 e. The number of esters is 1. The van der Waals surface area contributed by atoms with Crippen molar-refractivity contribution < 1.29 is 23.1 Å². The van der Waals surface area contributed by atoms with Crippen LogP contribution in [0.1, 0.15) is 16.6 Å². The summed E-state index contributed by atoms with van der Waals surface area (Å²) < 4.78 is 29.1. The zero-order valence-corrected chi connectivity index (χ0v) is 15.9. The zero-order chi connectivity index (χ0) is 20.1. The number of oxazole rings is 1. The van der Waals surface area contributed by atoms with Gasteiger partial charge in [0.15, 0.2) is 5.58 Å². The maximum Gasteiger partial charge on any atom is 0.331 e. The van der Waals surface area contributed by atoms with Gasteiger partial charge in [0.25, 0.3) is 0 Å². The number of para-hydroxylation sites is 2. The number of nitrogens with zero attached hydrogens (tertiary/aromatic N) is 2. The number of halogens is 1. The van der Waals surface area contributed by atoms with E-state index >= 15 is 0 Å². The van der Waals surface area contributed by atoms with Crippen LogP contribution in [0.15, 0.2) is 64.4 Å². The number of ether oxygens (including phenoxy) is 2. The molecule has 0 saturated carbocycles. The summed E-state index contributed by atoms with van der Waals surface area (Å²) in [7, 11) is 0. The first kappa shape index (κ1) is 18.8. The monoisotopic (exact) mass is 410 g/mol. The van der Waals surface area contributed by atoms with Gasteiger partial charge in [-0.3, -0.25) is 0 Å². The standard InChI is InChI=1S/C21H15FN2O4S/c22-14-5-7-16(8-6-14)26-12-20-23-15(13-29-20)11-27-21(25)10-9-19-24-17-3-1-2-4-18(17)28-19/h1-10,13H,11-12H2/b10-9+. The summed E-state index contributed by atoms with van der Waals surface area (Å²) in [6, 6.07) is 13.1. The molecule has 4 rings (SSSR count). The summed E-state index contributed by atoms with van der Waals surface area (Å²) in [5.74, 6) is 0.0428. The van der Waals surface area contributed by atoms with Crippen molar-refractivity contribution in [3.63, 3.8) is 0 Å². The van der Waals surface area contributed by atoms with Crippen LogP contribution in [0.4, 0.5) is 4.39 Å². The Morgan fingerprint density at radius 1 is 1.10 bits per heavy atom. The molecule has 4 aromatic rings. The second-order valence-electron chi connectivity index (χ2n) is 5.94. The average Bonchev–Trinajstić information content (AvgIpc) is 3.36. The number of fused-ring (bicyclic) bond motifs is 1. The predicted molar refractivity (Wildman–Crippen MR) is 106 cm³/mol. The molecule has 2 aromatic carbocycles. The zero-order valence-electron chi connectivity index (χ0n) is 15.1. The molecule has 0 radical (unpaired) electrons. The van der Waals surface area contributed by atoms with E-state index in [4.69, 9.17) is 13.9 Å². The van der Waals surface area contributed by atoms with Gasteiger partial charge < -0.3 is 13.9 Å². The minimum atomic E-state index is -0.524. The molecule has 146 valence electrons. The lowest BCUT2D eigenvalue weighted by atomic mass is 10.3. The fourth-order valence-electron chi connectivity index (χ4n) is 2.45. The third-order valence-corrected chi connectivity index (χ3v) is 4.68. The van der Waals surface area contributed by atoms with Gasteiger partial charge in [0, 0.05) is 17.5 Å². The topological polar surface area (TPSA) is 74.5 Å². The third kappa shape index (κ3) is 5.05. The van der Waals surface area contributed by atoms with Crippen LogP contribution in [-0.4, -0.2) is 15.9 Å². The Morgan fingerprint density at radius 3 is 2.76 bits per heavy atom. The van der Waals surface area contributed by atoms with Gasteiger partial charge in [-0.05, 0) is 36.4 Å². The fourth-order valence-corrected chi connectivity index (χ4v) is 3.14. The number of hydrogen-bond donors (Lipinski definition) is 0. The van der Waals surface area contributed by atoms with Crippen molar-refractivity contribution in [2.75, 3.05) is 0 Å². The molecule has 0 saturated heterocycles. The number of thiazole rings is 1. The first-order valence-electron chi connectivity index (χ1n) is 8.68. The smallest absolute Gasteiger partial charge is 0.331 e. The summed E-state index contributed by atoms with van der Waals surface area (Å²) in [5.41, 5.74) is 1.99. The highest BCUT2D eigenvalue weighted by atomic mass is 32.1. The Kier molecular flexibility index (Phi) is 5.62. The van der Waals surface area contributed by atoms with Gasteiger partial charge in [-0.15, -0.1) is 11.3 Å². The Balaban J connectivity index is 1.26. The van der Waals surface area contributed by atoms with E-state index in [1.807, 2.05) is 18.2 Å². The molecule has 0 bridgehead atoms. The number of carbonyl (C=O) groups excluding carboxylic acids is 1. The second-order valence-corrected chi connectivity index (χ2v) is 6.88. The molecule has 0 spiro atoms. The van der Waals surface area contributed by atoms with E-state index in [2.05, 4.69) is 9.97 Å². The molecule has 6 nitrogen and oxygen atoms in total. The van der Waals surface area contributed by atoms with E-state index in [1.54, 1.807) is 23.6 Å². The first-order valence-corrected chi connectivity index (χ1v) is 9.56. The van der Waals surface area contributed by atoms with Crippen LogP contribution >= 0.6 is 11.3 Å². The van der Waals surface area contributed by atoms with Gasteiger partial charge >= 0.3 is 5.97 Å². The second kappa shape index (κ2) is 8.66. The molecule has 2 aromatic heterocycles. The van der Waals surface area contributed by atoms with Crippen molar-refractivity contribution in [2.45, 2.75) is 13.2 Å². The third-order valence-electron chi connectivity index (χ3n) is 3.81. The van der Waals surface area contributed by atoms with E-state index in [9.17, 15) is 9.18 Å². The predicted octanol–water partition coefficient (Wildman–Crippen LogP) is 4.76. The summed E-state index contributed by atoms with van der Waals surface area (Å²) >= 11 is 1.39. The Labute approximate surface area is 169 Å². The van der Waals surface area contributed by atoms with Crippen LogP contribution in [0.2, 0.25) is 0 Å². The van der Waals surface area contributed by atoms with E-state index in [1.165, 1.54) is 35.6 Å². The SMILES string of the molecule is O=C(/C=C/c1nc2ccccc2o1)OCc1csc(COc2ccc(F)cc2)n1. The highest BCUT2D eigenvalue weighted by molar-refractivity contribution is 7.09. The highest BCUT2D eigenvalue weighted by Crippen LogP contribution is 2.17. The lowest BCUT2D eigenvalue weighted by molar-refractivity contribution is -0.139. The van der Waals surface area contributed by atoms with Crippen molar-refractivity contribution in [3.8, 4) is 5.75 Å². The van der Waals surface area contributed by atoms with Crippen LogP contribution in [0.3, 0.4) is 0 Å². The van der Waals surface area contributed by atoms with Gasteiger partial charge in [0.05, 0.1) is 5.69 Å². The summed E-state index contributed by atoms with van der Waals surface area (Å²) in [5, 5.41) is 2.52. The Bertz CT molecular complexity index is 1120. The van der Waals surface area contributed by atoms with Crippen molar-refractivity contribution in [3.05, 3.63) is 82.4 Å². The summed E-state index contributed by atoms with van der Waals surface area (Å²) in [6.45, 7) is 0.297. The Morgan fingerprint density at radius 2 is 1.93 bits per heavy atom. The van der Waals surface area contributed by atoms with Crippen molar-refractivity contribution >= 4 is 34.5 Å². The van der Waals surface area contributed by atoms with Crippen LogP contribution < -0.4 is 4.74 Å². The first-order chi connectivity index (χ1) is 14.2. The molecule has 0 aliphatic carbocycles. The molecule has 0 N–H and O–H groups in total. The minimum absolute atomic E-state index is 0.0454. The lowest BCUT2D eigenvalue weighted by Gasteiger charge is -2.03. The average molecular weight is 410 g/mol. The Hall–Kier alpha value is -3.52. The highest BCUT2D eigenvalue weighted by Gasteiger charge is 2.07. The summed E-state index contributed by atoms with van der Waals surface area (Å²) in [6.07, 6.45) is 2.72. The van der Waals surface area contributed by atoms with Crippen molar-refractivity contribution in [2.24, 2.45) is 0 Å². The number of hydrogen-bond acceptors (Lipinski definition) is 7. The quantitative estimate of drug-likeness (QED) is 0.323. The molecule has 0 fully saturated rings. The minimum Gasteiger partial charge on any atom is -0.486 e. The number of rotatable bonds is 7. The molecular weight excluding hydrogens is 395 g/mol. The summed E-state index contributed by atoms with van der Waals surface area (Å²) in [4.78, 5) is 20.5. The molecule has 0 unspecified atom stereocenters. The van der Waals surface area contributed by atoms with E-state index < -0.39 is 5.97 Å². The molecule has 0 atom stereocenters. The van der Waals surface area contributed by atoms with Gasteiger partial charge in [-0.1, -0.05) is 12.1 Å². The lowest BCUT2D eigenvalue weighted by Crippen LogP contribution is -2.01. The van der Waals surface area contributed by atoms with E-state index in [0.29, 0.717) is 22.9 Å².